The predicted octanol–water partition coefficient (Wildman–Crippen LogP) is 4.20. The number of piperidine rings is 1. The molecule has 1 fully saturated rings. The molecule has 202 valence electrons. The lowest BCUT2D eigenvalue weighted by Crippen LogP contribution is -2.34. The molecule has 2 aliphatic heterocycles. The Labute approximate surface area is 225 Å². The van der Waals surface area contributed by atoms with Gasteiger partial charge in [-0.2, -0.15) is 4.52 Å². The molecule has 1 atom stereocenters. The molecule has 2 aromatic carbocycles. The Morgan fingerprint density at radius 1 is 1.05 bits per heavy atom. The lowest BCUT2D eigenvalue weighted by molar-refractivity contribution is 0.265. The molecular weight excluding hydrogens is 501 g/mol. The van der Waals surface area contributed by atoms with E-state index in [1.54, 1.807) is 24.8 Å². The first-order chi connectivity index (χ1) is 19.1. The summed E-state index contributed by atoms with van der Waals surface area (Å²) in [5.74, 6) is 2.37. The summed E-state index contributed by atoms with van der Waals surface area (Å²) < 4.78 is 32.5. The van der Waals surface area contributed by atoms with E-state index >= 15 is 0 Å². The number of hydrogen-bond donors (Lipinski definition) is 1. The van der Waals surface area contributed by atoms with Gasteiger partial charge in [-0.15, -0.1) is 5.10 Å². The summed E-state index contributed by atoms with van der Waals surface area (Å²) in [7, 11) is 4.67. The van der Waals surface area contributed by atoms with Crippen LogP contribution in [0.1, 0.15) is 30.1 Å². The number of likely N-dealkylation sites (tertiary alicyclic amines) is 1. The van der Waals surface area contributed by atoms with Gasteiger partial charge >= 0.3 is 0 Å². The molecule has 0 radical (unpaired) electrons. The maximum atomic E-state index is 14.8. The van der Waals surface area contributed by atoms with Gasteiger partial charge < -0.3 is 24.4 Å². The second-order valence-electron chi connectivity index (χ2n) is 9.58. The summed E-state index contributed by atoms with van der Waals surface area (Å²) in [5.41, 5.74) is 3.17. The van der Waals surface area contributed by atoms with Crippen LogP contribution in [0.4, 0.5) is 10.3 Å². The average Bonchev–Trinajstić information content (AvgIpc) is 3.67. The zero-order chi connectivity index (χ0) is 26.9. The molecule has 4 aromatic rings. The van der Waals surface area contributed by atoms with E-state index in [4.69, 9.17) is 29.3 Å². The van der Waals surface area contributed by atoms with Crippen LogP contribution in [0.25, 0.3) is 16.6 Å². The van der Waals surface area contributed by atoms with Gasteiger partial charge in [0.15, 0.2) is 23.0 Å². The molecule has 6 rings (SSSR count). The van der Waals surface area contributed by atoms with E-state index in [1.165, 1.54) is 13.2 Å². The smallest absolute Gasteiger partial charge is 0.226 e. The van der Waals surface area contributed by atoms with E-state index in [2.05, 4.69) is 21.3 Å². The highest BCUT2D eigenvalue weighted by Gasteiger charge is 2.27. The van der Waals surface area contributed by atoms with Crippen molar-refractivity contribution in [3.05, 3.63) is 59.3 Å². The highest BCUT2D eigenvalue weighted by atomic mass is 19.1. The van der Waals surface area contributed by atoms with Crippen LogP contribution in [0, 0.1) is 5.82 Å². The molecule has 0 spiro atoms. The van der Waals surface area contributed by atoms with Crippen LogP contribution in [0.5, 0.6) is 17.2 Å². The van der Waals surface area contributed by atoms with Gasteiger partial charge in [-0.1, -0.05) is 0 Å². The van der Waals surface area contributed by atoms with Crippen LogP contribution >= 0.6 is 0 Å². The number of benzene rings is 2. The molecular formula is C28H30FN7O3. The molecule has 0 saturated carbocycles. The van der Waals surface area contributed by atoms with Crippen molar-refractivity contribution in [2.45, 2.75) is 25.3 Å². The maximum absolute atomic E-state index is 14.8. The summed E-state index contributed by atoms with van der Waals surface area (Å²) in [6.07, 6.45) is 6.07. The standard InChI is InChI=1S/C28H30FN7O3/c1-37-20-7-6-17(24(11-20)38-2)14-31-28-32-23-13-25(39-3)22(29)12-21(23)27-33-26(34-36(27)28)18-5-4-10-35(16-18)19-8-9-30-15-19/h6-8,11-13,15,18H,4-5,9-10,14,16H2,1-3H3,(H,31,32)/t18-/m1/s1. The van der Waals surface area contributed by atoms with Gasteiger partial charge in [-0.05, 0) is 37.1 Å². The largest absolute Gasteiger partial charge is 0.497 e. The van der Waals surface area contributed by atoms with Crippen molar-refractivity contribution in [1.82, 2.24) is 24.5 Å². The molecule has 2 aliphatic rings. The molecule has 1 saturated heterocycles. The van der Waals surface area contributed by atoms with Crippen LogP contribution in [0.2, 0.25) is 0 Å². The molecule has 0 bridgehead atoms. The minimum absolute atomic E-state index is 0.122. The fourth-order valence-electron chi connectivity index (χ4n) is 5.22. The monoisotopic (exact) mass is 531 g/mol. The third-order valence-corrected chi connectivity index (χ3v) is 7.27. The number of methoxy groups -OCH3 is 3. The van der Waals surface area contributed by atoms with Gasteiger partial charge in [-0.3, -0.25) is 4.99 Å². The van der Waals surface area contributed by atoms with Crippen LogP contribution in [0.15, 0.2) is 47.1 Å². The highest BCUT2D eigenvalue weighted by Crippen LogP contribution is 2.32. The van der Waals surface area contributed by atoms with Gasteiger partial charge in [0, 0.05) is 54.8 Å². The SMILES string of the molecule is COc1ccc(CNc2nc3cc(OC)c(F)cc3c3nc([C@@H]4CCCN(C5=CCN=C5)C4)nn23)c(OC)c1. The van der Waals surface area contributed by atoms with E-state index in [0.29, 0.717) is 46.4 Å². The van der Waals surface area contributed by atoms with Crippen molar-refractivity contribution in [3.8, 4) is 17.2 Å². The number of hydrogen-bond acceptors (Lipinski definition) is 9. The number of halogens is 1. The van der Waals surface area contributed by atoms with Crippen molar-refractivity contribution in [2.24, 2.45) is 4.99 Å². The second kappa shape index (κ2) is 10.4. The Morgan fingerprint density at radius 3 is 2.69 bits per heavy atom. The third kappa shape index (κ3) is 4.68. The molecule has 39 heavy (non-hydrogen) atoms. The molecule has 11 heteroatoms. The van der Waals surface area contributed by atoms with Gasteiger partial charge in [-0.25, -0.2) is 14.4 Å². The Morgan fingerprint density at radius 2 is 1.92 bits per heavy atom. The van der Waals surface area contributed by atoms with E-state index in [0.717, 1.165) is 43.7 Å². The first-order valence-electron chi connectivity index (χ1n) is 12.9. The number of allylic oxidation sites excluding steroid dienone is 1. The van der Waals surface area contributed by atoms with E-state index in [-0.39, 0.29) is 11.7 Å². The number of rotatable bonds is 8. The first-order valence-corrected chi connectivity index (χ1v) is 12.9. The normalized spacial score (nSPS) is 17.1. The Kier molecular flexibility index (Phi) is 6.64. The summed E-state index contributed by atoms with van der Waals surface area (Å²) in [5, 5.41) is 8.85. The van der Waals surface area contributed by atoms with Crippen molar-refractivity contribution >= 4 is 28.7 Å². The molecule has 0 amide bonds. The number of nitrogens with zero attached hydrogens (tertiary/aromatic N) is 6. The molecule has 1 N–H and O–H groups in total. The molecule has 0 aliphatic carbocycles. The predicted molar refractivity (Wildman–Crippen MR) is 147 cm³/mol. The van der Waals surface area contributed by atoms with Crippen LogP contribution in [0.3, 0.4) is 0 Å². The van der Waals surface area contributed by atoms with Crippen molar-refractivity contribution in [1.29, 1.82) is 0 Å². The molecule has 10 nitrogen and oxygen atoms in total. The van der Waals surface area contributed by atoms with Gasteiger partial charge in [0.25, 0.3) is 0 Å². The summed E-state index contributed by atoms with van der Waals surface area (Å²) in [6, 6.07) is 8.65. The second-order valence-corrected chi connectivity index (χ2v) is 9.58. The number of anilines is 1. The number of aromatic nitrogens is 4. The van der Waals surface area contributed by atoms with E-state index in [9.17, 15) is 4.39 Å². The zero-order valence-electron chi connectivity index (χ0n) is 22.1. The van der Waals surface area contributed by atoms with Gasteiger partial charge in [0.2, 0.25) is 5.95 Å². The zero-order valence-corrected chi connectivity index (χ0v) is 22.1. The van der Waals surface area contributed by atoms with E-state index < -0.39 is 5.82 Å². The average molecular weight is 532 g/mol. The fraction of sp³-hybridized carbons (Fsp3) is 0.357. The summed E-state index contributed by atoms with van der Waals surface area (Å²) >= 11 is 0. The topological polar surface area (TPSA) is 98.4 Å². The van der Waals surface area contributed by atoms with E-state index in [1.807, 2.05) is 24.4 Å². The number of fused-ring (bicyclic) bond motifs is 3. The number of aliphatic imine (C=N–C) groups is 1. The van der Waals surface area contributed by atoms with Crippen molar-refractivity contribution < 1.29 is 18.6 Å². The van der Waals surface area contributed by atoms with Crippen molar-refractivity contribution in [3.63, 3.8) is 0 Å². The molecule has 4 heterocycles. The first kappa shape index (κ1) is 24.9. The number of nitrogens with one attached hydrogen (secondary N) is 1. The van der Waals surface area contributed by atoms with Gasteiger partial charge in [0.1, 0.15) is 11.5 Å². The molecule has 0 unspecified atom stereocenters. The lowest BCUT2D eigenvalue weighted by Gasteiger charge is -2.33. The van der Waals surface area contributed by atoms with Crippen molar-refractivity contribution in [2.75, 3.05) is 46.3 Å². The summed E-state index contributed by atoms with van der Waals surface area (Å²) in [4.78, 5) is 16.4. The van der Waals surface area contributed by atoms with Crippen LogP contribution < -0.4 is 19.5 Å². The minimum Gasteiger partial charge on any atom is -0.497 e. The maximum Gasteiger partial charge on any atom is 0.226 e. The van der Waals surface area contributed by atoms with Crippen LogP contribution in [-0.2, 0) is 6.54 Å². The minimum atomic E-state index is -0.474. The lowest BCUT2D eigenvalue weighted by atomic mass is 9.97. The molecule has 2 aromatic heterocycles. The Hall–Kier alpha value is -4.41. The summed E-state index contributed by atoms with van der Waals surface area (Å²) in [6.45, 7) is 2.92. The van der Waals surface area contributed by atoms with Crippen LogP contribution in [-0.4, -0.2) is 71.7 Å². The Balaban J connectivity index is 1.40. The highest BCUT2D eigenvalue weighted by molar-refractivity contribution is 5.93. The fourth-order valence-corrected chi connectivity index (χ4v) is 5.22. The third-order valence-electron chi connectivity index (χ3n) is 7.27. The quantitative estimate of drug-likeness (QED) is 0.361. The Bertz CT molecular complexity index is 1600. The van der Waals surface area contributed by atoms with Gasteiger partial charge in [0.05, 0.1) is 39.1 Å². The number of ether oxygens (including phenoxy) is 3.